The van der Waals surface area contributed by atoms with Gasteiger partial charge in [-0.05, 0) is 19.5 Å². The van der Waals surface area contributed by atoms with E-state index in [0.717, 1.165) is 12.8 Å². The molecule has 1 aromatic carbocycles. The number of halogens is 1. The largest absolute Gasteiger partial charge is 0.494 e. The van der Waals surface area contributed by atoms with E-state index < -0.39 is 0 Å². The maximum Gasteiger partial charge on any atom is 0.169 e. The number of benzene rings is 1. The minimum atomic E-state index is -0.236. The Balaban J connectivity index is 2.50. The summed E-state index contributed by atoms with van der Waals surface area (Å²) in [5, 5.41) is 3.22. The first-order chi connectivity index (χ1) is 9.74. The van der Waals surface area contributed by atoms with Gasteiger partial charge < -0.3 is 10.1 Å². The molecular formula is C17H28FNO. The molecule has 3 heteroatoms. The van der Waals surface area contributed by atoms with Crippen LogP contribution in [0.15, 0.2) is 18.2 Å². The Morgan fingerprint density at radius 1 is 1.15 bits per heavy atom. The molecule has 0 saturated heterocycles. The lowest BCUT2D eigenvalue weighted by atomic mass is 9.99. The quantitative estimate of drug-likeness (QED) is 0.619. The van der Waals surface area contributed by atoms with Gasteiger partial charge in [0, 0.05) is 11.6 Å². The predicted molar refractivity (Wildman–Crippen MR) is 82.7 cm³/mol. The van der Waals surface area contributed by atoms with Gasteiger partial charge in [0.1, 0.15) is 0 Å². The summed E-state index contributed by atoms with van der Waals surface area (Å²) in [7, 11) is 3.39. The van der Waals surface area contributed by atoms with Gasteiger partial charge in [-0.1, -0.05) is 57.6 Å². The van der Waals surface area contributed by atoms with Crippen LogP contribution in [0.2, 0.25) is 0 Å². The lowest BCUT2D eigenvalue weighted by Crippen LogP contribution is -2.18. The van der Waals surface area contributed by atoms with Gasteiger partial charge in [-0.15, -0.1) is 0 Å². The van der Waals surface area contributed by atoms with Crippen molar-refractivity contribution in [1.29, 1.82) is 0 Å². The van der Waals surface area contributed by atoms with E-state index in [-0.39, 0.29) is 11.9 Å². The molecule has 20 heavy (non-hydrogen) atoms. The summed E-state index contributed by atoms with van der Waals surface area (Å²) in [6.45, 7) is 2.22. The van der Waals surface area contributed by atoms with Gasteiger partial charge in [-0.3, -0.25) is 0 Å². The lowest BCUT2D eigenvalue weighted by Gasteiger charge is -2.18. The van der Waals surface area contributed by atoms with Gasteiger partial charge in [0.15, 0.2) is 11.6 Å². The summed E-state index contributed by atoms with van der Waals surface area (Å²) in [5.41, 5.74) is 0.709. The molecule has 0 radical (unpaired) electrons. The van der Waals surface area contributed by atoms with E-state index in [2.05, 4.69) is 12.2 Å². The summed E-state index contributed by atoms with van der Waals surface area (Å²) in [4.78, 5) is 0. The second-order valence-electron chi connectivity index (χ2n) is 5.26. The van der Waals surface area contributed by atoms with E-state index in [1.165, 1.54) is 39.2 Å². The van der Waals surface area contributed by atoms with Gasteiger partial charge in [0.05, 0.1) is 7.11 Å². The fraction of sp³-hybridized carbons (Fsp3) is 0.647. The maximum atomic E-state index is 14.2. The third-order valence-corrected chi connectivity index (χ3v) is 3.78. The third kappa shape index (κ3) is 5.12. The number of hydrogen-bond acceptors (Lipinski definition) is 2. The van der Waals surface area contributed by atoms with Crippen molar-refractivity contribution < 1.29 is 9.13 Å². The van der Waals surface area contributed by atoms with E-state index in [0.29, 0.717) is 11.3 Å². The van der Waals surface area contributed by atoms with Crippen LogP contribution in [0.5, 0.6) is 5.75 Å². The van der Waals surface area contributed by atoms with Crippen LogP contribution in [0, 0.1) is 5.82 Å². The van der Waals surface area contributed by atoms with Gasteiger partial charge in [0.25, 0.3) is 0 Å². The molecule has 0 spiro atoms. The van der Waals surface area contributed by atoms with Crippen LogP contribution >= 0.6 is 0 Å². The van der Waals surface area contributed by atoms with E-state index in [1.807, 2.05) is 19.2 Å². The molecule has 2 nitrogen and oxygen atoms in total. The minimum Gasteiger partial charge on any atom is -0.494 e. The van der Waals surface area contributed by atoms with E-state index >= 15 is 0 Å². The Morgan fingerprint density at radius 3 is 2.50 bits per heavy atom. The van der Waals surface area contributed by atoms with Crippen LogP contribution in [0.4, 0.5) is 4.39 Å². The van der Waals surface area contributed by atoms with E-state index in [9.17, 15) is 4.39 Å². The second kappa shape index (κ2) is 9.76. The Bertz CT molecular complexity index is 381. The smallest absolute Gasteiger partial charge is 0.169 e. The third-order valence-electron chi connectivity index (χ3n) is 3.78. The van der Waals surface area contributed by atoms with E-state index in [1.54, 1.807) is 6.07 Å². The van der Waals surface area contributed by atoms with Crippen molar-refractivity contribution in [3.8, 4) is 5.75 Å². The normalized spacial score (nSPS) is 12.4. The molecule has 0 aromatic heterocycles. The lowest BCUT2D eigenvalue weighted by molar-refractivity contribution is 0.378. The van der Waals surface area contributed by atoms with Crippen LogP contribution in [-0.2, 0) is 0 Å². The molecule has 0 fully saturated rings. The first-order valence-electron chi connectivity index (χ1n) is 7.74. The van der Waals surface area contributed by atoms with Crippen molar-refractivity contribution in [2.75, 3.05) is 14.2 Å². The first kappa shape index (κ1) is 17.0. The van der Waals surface area contributed by atoms with Crippen molar-refractivity contribution in [2.45, 2.75) is 57.9 Å². The zero-order chi connectivity index (χ0) is 14.8. The van der Waals surface area contributed by atoms with Crippen LogP contribution in [0.25, 0.3) is 0 Å². The van der Waals surface area contributed by atoms with Crippen molar-refractivity contribution >= 4 is 0 Å². The molecule has 0 heterocycles. The first-order valence-corrected chi connectivity index (χ1v) is 7.74. The van der Waals surface area contributed by atoms with Crippen molar-refractivity contribution in [3.05, 3.63) is 29.6 Å². The molecule has 0 aliphatic carbocycles. The fourth-order valence-corrected chi connectivity index (χ4v) is 2.54. The Labute approximate surface area is 122 Å². The van der Waals surface area contributed by atoms with Crippen molar-refractivity contribution in [3.63, 3.8) is 0 Å². The summed E-state index contributed by atoms with van der Waals surface area (Å²) in [5.74, 6) is 0.0889. The molecule has 0 aliphatic heterocycles. The molecule has 1 rings (SSSR count). The molecule has 0 aliphatic rings. The van der Waals surface area contributed by atoms with Gasteiger partial charge in [-0.25, -0.2) is 4.39 Å². The summed E-state index contributed by atoms with van der Waals surface area (Å²) in [6.07, 6.45) is 8.51. The monoisotopic (exact) mass is 281 g/mol. The molecule has 0 amide bonds. The number of methoxy groups -OCH3 is 1. The van der Waals surface area contributed by atoms with Gasteiger partial charge in [-0.2, -0.15) is 0 Å². The predicted octanol–water partition coefficient (Wildman–Crippen LogP) is 4.85. The maximum absolute atomic E-state index is 14.2. The summed E-state index contributed by atoms with van der Waals surface area (Å²) in [6, 6.07) is 5.42. The Morgan fingerprint density at radius 2 is 1.85 bits per heavy atom. The molecule has 1 N–H and O–H groups in total. The molecule has 0 bridgehead atoms. The van der Waals surface area contributed by atoms with Crippen molar-refractivity contribution in [1.82, 2.24) is 5.32 Å². The highest BCUT2D eigenvalue weighted by molar-refractivity contribution is 5.33. The Kier molecular flexibility index (Phi) is 8.28. The number of unbranched alkanes of at least 4 members (excludes halogenated alkanes) is 5. The zero-order valence-corrected chi connectivity index (χ0v) is 13.0. The number of rotatable bonds is 10. The fourth-order valence-electron chi connectivity index (χ4n) is 2.54. The molecule has 0 saturated carbocycles. The van der Waals surface area contributed by atoms with Crippen molar-refractivity contribution in [2.24, 2.45) is 0 Å². The van der Waals surface area contributed by atoms with Gasteiger partial charge >= 0.3 is 0 Å². The van der Waals surface area contributed by atoms with Crippen LogP contribution < -0.4 is 10.1 Å². The number of nitrogens with one attached hydrogen (secondary N) is 1. The standard InChI is InChI=1S/C17H28FNO/c1-4-5-6-7-8-9-12-15(19-2)14-11-10-13-16(20-3)17(14)18/h10-11,13,15,19H,4-9,12H2,1-3H3. The number of ether oxygens (including phenoxy) is 1. The average molecular weight is 281 g/mol. The summed E-state index contributed by atoms with van der Waals surface area (Å²) >= 11 is 0. The number of hydrogen-bond donors (Lipinski definition) is 1. The van der Waals surface area contributed by atoms with Crippen LogP contribution in [-0.4, -0.2) is 14.2 Å². The Hall–Kier alpha value is -1.09. The van der Waals surface area contributed by atoms with Crippen LogP contribution in [0.3, 0.4) is 0 Å². The zero-order valence-electron chi connectivity index (χ0n) is 13.0. The molecule has 1 atom stereocenters. The average Bonchev–Trinajstić information content (AvgIpc) is 2.47. The highest BCUT2D eigenvalue weighted by atomic mass is 19.1. The van der Waals surface area contributed by atoms with E-state index in [4.69, 9.17) is 4.74 Å². The van der Waals surface area contributed by atoms with Gasteiger partial charge in [0.2, 0.25) is 0 Å². The summed E-state index contributed by atoms with van der Waals surface area (Å²) < 4.78 is 19.3. The second-order valence-corrected chi connectivity index (χ2v) is 5.26. The molecule has 1 unspecified atom stereocenters. The van der Waals surface area contributed by atoms with Crippen LogP contribution in [0.1, 0.15) is 63.5 Å². The topological polar surface area (TPSA) is 21.3 Å². The minimum absolute atomic E-state index is 0.0660. The molecule has 1 aromatic rings. The highest BCUT2D eigenvalue weighted by Gasteiger charge is 2.16. The SMILES string of the molecule is CCCCCCCCC(NC)c1cccc(OC)c1F. The highest BCUT2D eigenvalue weighted by Crippen LogP contribution is 2.28. The molecular weight excluding hydrogens is 253 g/mol. The molecule has 114 valence electrons.